The molecule has 1 aromatic carbocycles. The largest absolute Gasteiger partial charge is 0.481 e. The molecule has 0 aliphatic rings. The molecule has 17 heavy (non-hydrogen) atoms. The summed E-state index contributed by atoms with van der Waals surface area (Å²) < 4.78 is 13.7. The molecule has 0 aromatic heterocycles. The highest BCUT2D eigenvalue weighted by molar-refractivity contribution is 5.71. The quantitative estimate of drug-likeness (QED) is 0.829. The van der Waals surface area contributed by atoms with Gasteiger partial charge < -0.3 is 10.4 Å². The zero-order valence-electron chi connectivity index (χ0n) is 10.3. The third-order valence-electron chi connectivity index (χ3n) is 2.91. The topological polar surface area (TPSA) is 49.3 Å². The lowest BCUT2D eigenvalue weighted by molar-refractivity contribution is -0.144. The van der Waals surface area contributed by atoms with Crippen LogP contribution in [0.5, 0.6) is 0 Å². The van der Waals surface area contributed by atoms with Gasteiger partial charge in [-0.25, -0.2) is 4.39 Å². The maximum Gasteiger partial charge on any atom is 0.308 e. The van der Waals surface area contributed by atoms with E-state index in [2.05, 4.69) is 5.32 Å². The fourth-order valence-corrected chi connectivity index (χ4v) is 2.07. The molecule has 1 aromatic rings. The summed E-state index contributed by atoms with van der Waals surface area (Å²) in [6, 6.07) is 5.75. The fraction of sp³-hybridized carbons (Fsp3) is 0.462. The molecule has 0 spiro atoms. The summed E-state index contributed by atoms with van der Waals surface area (Å²) in [5.41, 5.74) is 0.399. The van der Waals surface area contributed by atoms with E-state index in [0.29, 0.717) is 5.56 Å². The lowest BCUT2D eigenvalue weighted by atomic mass is 9.84. The standard InChI is InChI=1S/C13H18FNO2/c1-8(2)11(13(16)17)12(15-3)9-6-4-5-7-10(9)14/h4-8,11-12,15H,1-3H3,(H,16,17). The van der Waals surface area contributed by atoms with Gasteiger partial charge in [-0.15, -0.1) is 0 Å². The Labute approximate surface area is 101 Å². The van der Waals surface area contributed by atoms with Gasteiger partial charge in [-0.1, -0.05) is 32.0 Å². The predicted molar refractivity (Wildman–Crippen MR) is 64.2 cm³/mol. The number of aliphatic carboxylic acids is 1. The average Bonchev–Trinajstić information content (AvgIpc) is 2.25. The first-order valence-corrected chi connectivity index (χ1v) is 5.63. The molecule has 0 saturated carbocycles. The second kappa shape index (κ2) is 5.77. The molecule has 94 valence electrons. The van der Waals surface area contributed by atoms with Crippen molar-refractivity contribution in [2.45, 2.75) is 19.9 Å². The van der Waals surface area contributed by atoms with Crippen molar-refractivity contribution >= 4 is 5.97 Å². The van der Waals surface area contributed by atoms with Crippen LogP contribution in [0.4, 0.5) is 4.39 Å². The number of nitrogens with one attached hydrogen (secondary N) is 1. The van der Waals surface area contributed by atoms with Gasteiger partial charge in [-0.05, 0) is 19.0 Å². The van der Waals surface area contributed by atoms with Gasteiger partial charge in [0.25, 0.3) is 0 Å². The third-order valence-corrected chi connectivity index (χ3v) is 2.91. The second-order valence-electron chi connectivity index (χ2n) is 4.40. The van der Waals surface area contributed by atoms with Crippen molar-refractivity contribution in [3.8, 4) is 0 Å². The minimum atomic E-state index is -0.914. The predicted octanol–water partition coefficient (Wildman–Crippen LogP) is 2.44. The summed E-state index contributed by atoms with van der Waals surface area (Å²) in [6.07, 6.45) is 0. The van der Waals surface area contributed by atoms with E-state index in [0.717, 1.165) is 0 Å². The van der Waals surface area contributed by atoms with Crippen LogP contribution in [-0.4, -0.2) is 18.1 Å². The summed E-state index contributed by atoms with van der Waals surface area (Å²) in [6.45, 7) is 3.65. The van der Waals surface area contributed by atoms with Crippen LogP contribution in [0.3, 0.4) is 0 Å². The van der Waals surface area contributed by atoms with Gasteiger partial charge in [-0.3, -0.25) is 4.79 Å². The first-order chi connectivity index (χ1) is 7.99. The Morgan fingerprint density at radius 1 is 1.35 bits per heavy atom. The average molecular weight is 239 g/mol. The molecule has 0 aliphatic carbocycles. The summed E-state index contributed by atoms with van der Waals surface area (Å²) >= 11 is 0. The van der Waals surface area contributed by atoms with E-state index in [4.69, 9.17) is 0 Å². The maximum absolute atomic E-state index is 13.7. The molecule has 1 rings (SSSR count). The molecule has 0 heterocycles. The zero-order valence-corrected chi connectivity index (χ0v) is 10.3. The van der Waals surface area contributed by atoms with Gasteiger partial charge in [-0.2, -0.15) is 0 Å². The van der Waals surface area contributed by atoms with Crippen LogP contribution in [0.15, 0.2) is 24.3 Å². The molecule has 0 aliphatic heterocycles. The number of rotatable bonds is 5. The highest BCUT2D eigenvalue weighted by Gasteiger charge is 2.32. The molecule has 2 N–H and O–H groups in total. The lowest BCUT2D eigenvalue weighted by Crippen LogP contribution is -2.34. The minimum Gasteiger partial charge on any atom is -0.481 e. The van der Waals surface area contributed by atoms with Crippen LogP contribution >= 0.6 is 0 Å². The highest BCUT2D eigenvalue weighted by Crippen LogP contribution is 2.29. The molecule has 0 saturated heterocycles. The molecule has 3 nitrogen and oxygen atoms in total. The molecular formula is C13H18FNO2. The van der Waals surface area contributed by atoms with Gasteiger partial charge in [0.15, 0.2) is 0 Å². The van der Waals surface area contributed by atoms with Gasteiger partial charge in [0, 0.05) is 11.6 Å². The van der Waals surface area contributed by atoms with Gasteiger partial charge in [0.2, 0.25) is 0 Å². The van der Waals surface area contributed by atoms with Gasteiger partial charge in [0.05, 0.1) is 5.92 Å². The molecule has 0 fully saturated rings. The van der Waals surface area contributed by atoms with Gasteiger partial charge in [0.1, 0.15) is 5.82 Å². The third kappa shape index (κ3) is 3.03. The first kappa shape index (κ1) is 13.6. The molecule has 0 bridgehead atoms. The molecule has 0 radical (unpaired) electrons. The van der Waals surface area contributed by atoms with E-state index in [1.807, 2.05) is 13.8 Å². The van der Waals surface area contributed by atoms with E-state index in [-0.39, 0.29) is 11.7 Å². The van der Waals surface area contributed by atoms with E-state index < -0.39 is 17.9 Å². The van der Waals surface area contributed by atoms with Crippen molar-refractivity contribution in [2.24, 2.45) is 11.8 Å². The van der Waals surface area contributed by atoms with Crippen LogP contribution in [0.25, 0.3) is 0 Å². The van der Waals surface area contributed by atoms with E-state index in [1.54, 1.807) is 25.2 Å². The van der Waals surface area contributed by atoms with Gasteiger partial charge >= 0.3 is 5.97 Å². The normalized spacial score (nSPS) is 14.6. The van der Waals surface area contributed by atoms with Crippen molar-refractivity contribution in [1.29, 1.82) is 0 Å². The Bertz CT molecular complexity index is 393. The van der Waals surface area contributed by atoms with Crippen LogP contribution in [0.1, 0.15) is 25.5 Å². The molecular weight excluding hydrogens is 221 g/mol. The summed E-state index contributed by atoms with van der Waals surface area (Å²) in [5, 5.41) is 12.1. The number of carbonyl (C=O) groups is 1. The van der Waals surface area contributed by atoms with Crippen LogP contribution in [-0.2, 0) is 4.79 Å². The monoisotopic (exact) mass is 239 g/mol. The summed E-state index contributed by atoms with van der Waals surface area (Å²) in [5.74, 6) is -2.03. The van der Waals surface area contributed by atoms with Crippen molar-refractivity contribution < 1.29 is 14.3 Å². The van der Waals surface area contributed by atoms with Crippen molar-refractivity contribution in [2.75, 3.05) is 7.05 Å². The SMILES string of the molecule is CNC(c1ccccc1F)C(C(=O)O)C(C)C. The molecule has 4 heteroatoms. The summed E-state index contributed by atoms with van der Waals surface area (Å²) in [4.78, 5) is 11.3. The Morgan fingerprint density at radius 3 is 2.35 bits per heavy atom. The van der Waals surface area contributed by atoms with Crippen LogP contribution < -0.4 is 5.32 Å². The van der Waals surface area contributed by atoms with E-state index in [9.17, 15) is 14.3 Å². The van der Waals surface area contributed by atoms with Crippen LogP contribution in [0, 0.1) is 17.7 Å². The number of carboxylic acid groups (broad SMARTS) is 1. The molecule has 2 atom stereocenters. The van der Waals surface area contributed by atoms with E-state index >= 15 is 0 Å². The molecule has 0 amide bonds. The number of carboxylic acids is 1. The highest BCUT2D eigenvalue weighted by atomic mass is 19.1. The Hall–Kier alpha value is -1.42. The molecule has 2 unspecified atom stereocenters. The lowest BCUT2D eigenvalue weighted by Gasteiger charge is -2.27. The Kier molecular flexibility index (Phi) is 4.63. The van der Waals surface area contributed by atoms with Crippen molar-refractivity contribution in [3.05, 3.63) is 35.6 Å². The zero-order chi connectivity index (χ0) is 13.0. The Morgan fingerprint density at radius 2 is 1.94 bits per heavy atom. The number of hydrogen-bond donors (Lipinski definition) is 2. The second-order valence-corrected chi connectivity index (χ2v) is 4.40. The maximum atomic E-state index is 13.7. The number of benzene rings is 1. The van der Waals surface area contributed by atoms with E-state index in [1.165, 1.54) is 6.07 Å². The number of halogens is 1. The smallest absolute Gasteiger partial charge is 0.308 e. The summed E-state index contributed by atoms with van der Waals surface area (Å²) in [7, 11) is 1.65. The van der Waals surface area contributed by atoms with Crippen LogP contribution in [0.2, 0.25) is 0 Å². The number of hydrogen-bond acceptors (Lipinski definition) is 2. The Balaban J connectivity index is 3.14. The van der Waals surface area contributed by atoms with Crippen molar-refractivity contribution in [3.63, 3.8) is 0 Å². The first-order valence-electron chi connectivity index (χ1n) is 5.63. The van der Waals surface area contributed by atoms with Crippen molar-refractivity contribution in [1.82, 2.24) is 5.32 Å². The fourth-order valence-electron chi connectivity index (χ4n) is 2.07. The minimum absolute atomic E-state index is 0.0791.